The quantitative estimate of drug-likeness (QED) is 0.878. The van der Waals surface area contributed by atoms with E-state index in [9.17, 15) is 0 Å². The van der Waals surface area contributed by atoms with Gasteiger partial charge in [-0.2, -0.15) is 0 Å². The van der Waals surface area contributed by atoms with Gasteiger partial charge in [-0.15, -0.1) is 0 Å². The maximum atomic E-state index is 5.82. The number of aromatic nitrogens is 1. The first kappa shape index (κ1) is 11.6. The molecule has 0 radical (unpaired) electrons. The van der Waals surface area contributed by atoms with Crippen LogP contribution < -0.4 is 10.5 Å². The number of para-hydroxylation sites is 1. The Morgan fingerprint density at radius 3 is 2.59 bits per heavy atom. The van der Waals surface area contributed by atoms with Gasteiger partial charge in [0.2, 0.25) is 5.88 Å². The van der Waals surface area contributed by atoms with E-state index < -0.39 is 0 Å². The third-order valence-electron chi connectivity index (χ3n) is 2.60. The van der Waals surface area contributed by atoms with Gasteiger partial charge in [0.25, 0.3) is 0 Å². The molecule has 17 heavy (non-hydrogen) atoms. The first-order valence-electron chi connectivity index (χ1n) is 5.61. The van der Waals surface area contributed by atoms with Crippen molar-refractivity contribution >= 4 is 0 Å². The summed E-state index contributed by atoms with van der Waals surface area (Å²) in [6.07, 6.45) is 0. The van der Waals surface area contributed by atoms with E-state index in [0.717, 1.165) is 22.6 Å². The van der Waals surface area contributed by atoms with Crippen LogP contribution in [0.5, 0.6) is 11.6 Å². The molecule has 0 unspecified atom stereocenters. The minimum absolute atomic E-state index is 0.425. The van der Waals surface area contributed by atoms with Crippen LogP contribution in [0.25, 0.3) is 0 Å². The Morgan fingerprint density at radius 2 is 1.88 bits per heavy atom. The maximum Gasteiger partial charge on any atom is 0.223 e. The van der Waals surface area contributed by atoms with Crippen molar-refractivity contribution in [2.75, 3.05) is 0 Å². The molecule has 88 valence electrons. The lowest BCUT2D eigenvalue weighted by atomic mass is 10.2. The average molecular weight is 228 g/mol. The van der Waals surface area contributed by atoms with Crippen LogP contribution in [0, 0.1) is 13.8 Å². The Morgan fingerprint density at radius 1 is 1.12 bits per heavy atom. The van der Waals surface area contributed by atoms with Crippen molar-refractivity contribution in [3.05, 3.63) is 53.2 Å². The Kier molecular flexibility index (Phi) is 3.40. The minimum Gasteiger partial charge on any atom is -0.438 e. The van der Waals surface area contributed by atoms with Gasteiger partial charge in [-0.05, 0) is 31.5 Å². The number of nitrogens with two attached hydrogens (primary N) is 1. The molecule has 2 aromatic rings. The van der Waals surface area contributed by atoms with Crippen molar-refractivity contribution in [2.45, 2.75) is 20.4 Å². The second kappa shape index (κ2) is 4.97. The van der Waals surface area contributed by atoms with E-state index in [0.29, 0.717) is 12.4 Å². The predicted octanol–water partition coefficient (Wildman–Crippen LogP) is 2.95. The van der Waals surface area contributed by atoms with Gasteiger partial charge in [-0.25, -0.2) is 4.98 Å². The third kappa shape index (κ3) is 2.63. The molecule has 1 aromatic heterocycles. The van der Waals surface area contributed by atoms with Crippen molar-refractivity contribution in [3.8, 4) is 11.6 Å². The predicted molar refractivity (Wildman–Crippen MR) is 68.1 cm³/mol. The molecule has 0 aliphatic heterocycles. The molecule has 1 heterocycles. The number of aryl methyl sites for hydroxylation is 2. The molecule has 1 aromatic carbocycles. The topological polar surface area (TPSA) is 48.1 Å². The van der Waals surface area contributed by atoms with Gasteiger partial charge < -0.3 is 10.5 Å². The molecular weight excluding hydrogens is 212 g/mol. The molecule has 0 saturated carbocycles. The molecule has 3 heteroatoms. The Hall–Kier alpha value is -1.87. The van der Waals surface area contributed by atoms with E-state index in [1.54, 1.807) is 0 Å². The molecule has 0 saturated heterocycles. The molecule has 0 amide bonds. The minimum atomic E-state index is 0.425. The summed E-state index contributed by atoms with van der Waals surface area (Å²) in [5.74, 6) is 1.42. The van der Waals surface area contributed by atoms with Crippen LogP contribution in [-0.2, 0) is 6.54 Å². The molecule has 0 bridgehead atoms. The highest BCUT2D eigenvalue weighted by Gasteiger charge is 2.07. The first-order valence-corrected chi connectivity index (χ1v) is 5.61. The van der Waals surface area contributed by atoms with Crippen LogP contribution in [0.3, 0.4) is 0 Å². The van der Waals surface area contributed by atoms with E-state index in [2.05, 4.69) is 4.98 Å². The Balaban J connectivity index is 2.35. The summed E-state index contributed by atoms with van der Waals surface area (Å²) in [7, 11) is 0. The number of nitrogens with zero attached hydrogens (tertiary/aromatic N) is 1. The first-order chi connectivity index (χ1) is 8.20. The van der Waals surface area contributed by atoms with Gasteiger partial charge in [0.1, 0.15) is 5.75 Å². The molecule has 0 fully saturated rings. The zero-order valence-corrected chi connectivity index (χ0v) is 10.1. The van der Waals surface area contributed by atoms with E-state index in [1.807, 2.05) is 50.2 Å². The molecule has 3 nitrogen and oxygen atoms in total. The number of ether oxygens (including phenoxy) is 1. The molecule has 2 N–H and O–H groups in total. The molecule has 0 spiro atoms. The second-order valence-corrected chi connectivity index (χ2v) is 3.99. The number of hydrogen-bond donors (Lipinski definition) is 1. The van der Waals surface area contributed by atoms with Crippen molar-refractivity contribution in [1.82, 2.24) is 4.98 Å². The highest BCUT2D eigenvalue weighted by Crippen LogP contribution is 2.25. The van der Waals surface area contributed by atoms with Crippen LogP contribution in [0.4, 0.5) is 0 Å². The fourth-order valence-electron chi connectivity index (χ4n) is 1.58. The zero-order valence-electron chi connectivity index (χ0n) is 10.1. The van der Waals surface area contributed by atoms with Crippen LogP contribution >= 0.6 is 0 Å². The highest BCUT2D eigenvalue weighted by atomic mass is 16.5. The van der Waals surface area contributed by atoms with E-state index >= 15 is 0 Å². The highest BCUT2D eigenvalue weighted by molar-refractivity contribution is 5.37. The summed E-state index contributed by atoms with van der Waals surface area (Å²) in [4.78, 5) is 4.38. The van der Waals surface area contributed by atoms with Crippen molar-refractivity contribution in [3.63, 3.8) is 0 Å². The lowest BCUT2D eigenvalue weighted by Gasteiger charge is -2.11. The smallest absolute Gasteiger partial charge is 0.223 e. The summed E-state index contributed by atoms with van der Waals surface area (Å²) in [6, 6.07) is 11.8. The summed E-state index contributed by atoms with van der Waals surface area (Å²) >= 11 is 0. The van der Waals surface area contributed by atoms with Crippen LogP contribution in [0.15, 0.2) is 36.4 Å². The fourth-order valence-corrected chi connectivity index (χ4v) is 1.58. The molecule has 2 rings (SSSR count). The third-order valence-corrected chi connectivity index (χ3v) is 2.60. The van der Waals surface area contributed by atoms with Crippen molar-refractivity contribution < 1.29 is 4.74 Å². The van der Waals surface area contributed by atoms with E-state index in [-0.39, 0.29) is 0 Å². The molecule has 0 aliphatic rings. The maximum absolute atomic E-state index is 5.82. The largest absolute Gasteiger partial charge is 0.438 e. The number of pyridine rings is 1. The van der Waals surface area contributed by atoms with Gasteiger partial charge in [0.05, 0.1) is 0 Å². The Bertz CT molecular complexity index is 523. The number of benzene rings is 1. The van der Waals surface area contributed by atoms with Gasteiger partial charge >= 0.3 is 0 Å². The van der Waals surface area contributed by atoms with E-state index in [1.165, 1.54) is 0 Å². The van der Waals surface area contributed by atoms with Crippen LogP contribution in [0.1, 0.15) is 16.8 Å². The van der Waals surface area contributed by atoms with Gasteiger partial charge in [0, 0.05) is 17.8 Å². The van der Waals surface area contributed by atoms with Gasteiger partial charge in [-0.1, -0.05) is 24.3 Å². The lowest BCUT2D eigenvalue weighted by molar-refractivity contribution is 0.452. The van der Waals surface area contributed by atoms with Crippen molar-refractivity contribution in [2.24, 2.45) is 5.73 Å². The standard InChI is InChI=1S/C14H16N2O/c1-10-5-3-4-6-13(10)17-14-12(9-15)8-7-11(2)16-14/h3-8H,9,15H2,1-2H3. The second-order valence-electron chi connectivity index (χ2n) is 3.99. The Labute approximate surface area is 101 Å². The zero-order chi connectivity index (χ0) is 12.3. The summed E-state index contributed by atoms with van der Waals surface area (Å²) in [6.45, 7) is 4.37. The fraction of sp³-hybridized carbons (Fsp3) is 0.214. The molecule has 0 atom stereocenters. The molecular formula is C14H16N2O. The average Bonchev–Trinajstić information content (AvgIpc) is 2.32. The van der Waals surface area contributed by atoms with E-state index in [4.69, 9.17) is 10.5 Å². The normalized spacial score (nSPS) is 10.3. The monoisotopic (exact) mass is 228 g/mol. The summed E-state index contributed by atoms with van der Waals surface area (Å²) < 4.78 is 5.82. The SMILES string of the molecule is Cc1ccc(CN)c(Oc2ccccc2C)n1. The number of hydrogen-bond acceptors (Lipinski definition) is 3. The number of rotatable bonds is 3. The van der Waals surface area contributed by atoms with Gasteiger partial charge in [-0.3, -0.25) is 0 Å². The molecule has 0 aliphatic carbocycles. The van der Waals surface area contributed by atoms with Crippen LogP contribution in [0.2, 0.25) is 0 Å². The van der Waals surface area contributed by atoms with Crippen LogP contribution in [-0.4, -0.2) is 4.98 Å². The van der Waals surface area contributed by atoms with Gasteiger partial charge in [0.15, 0.2) is 0 Å². The lowest BCUT2D eigenvalue weighted by Crippen LogP contribution is -2.02. The van der Waals surface area contributed by atoms with Crippen molar-refractivity contribution in [1.29, 1.82) is 0 Å². The summed E-state index contributed by atoms with van der Waals surface area (Å²) in [5, 5.41) is 0. The summed E-state index contributed by atoms with van der Waals surface area (Å²) in [5.41, 5.74) is 8.59.